The van der Waals surface area contributed by atoms with Gasteiger partial charge in [-0.1, -0.05) is 12.1 Å². The lowest BCUT2D eigenvalue weighted by molar-refractivity contribution is 0.198. The fraction of sp³-hybridized carbons (Fsp3) is 0.708. The molecule has 0 spiro atoms. The van der Waals surface area contributed by atoms with Gasteiger partial charge in [-0.2, -0.15) is 0 Å². The summed E-state index contributed by atoms with van der Waals surface area (Å²) < 4.78 is 11.9. The minimum absolute atomic E-state index is 0.290. The molecular weight excluding hydrogens is 390 g/mol. The average molecular weight is 432 g/mol. The lowest BCUT2D eigenvalue weighted by Crippen LogP contribution is -2.42. The van der Waals surface area contributed by atoms with Crippen molar-refractivity contribution in [2.45, 2.75) is 51.7 Å². The summed E-state index contributed by atoms with van der Waals surface area (Å²) in [4.78, 5) is 9.79. The second kappa shape index (κ2) is 12.8. The third-order valence-corrected chi connectivity index (χ3v) is 6.15. The molecule has 2 aliphatic rings. The fourth-order valence-electron chi connectivity index (χ4n) is 4.32. The molecule has 7 heteroatoms. The van der Waals surface area contributed by atoms with Crippen molar-refractivity contribution in [3.05, 3.63) is 23.8 Å². The summed E-state index contributed by atoms with van der Waals surface area (Å²) in [6.45, 7) is 10.1. The summed E-state index contributed by atoms with van der Waals surface area (Å²) >= 11 is 0. The molecule has 1 saturated heterocycles. The van der Waals surface area contributed by atoms with Gasteiger partial charge in [0.25, 0.3) is 0 Å². The first-order valence-corrected chi connectivity index (χ1v) is 11.9. The van der Waals surface area contributed by atoms with E-state index in [4.69, 9.17) is 14.5 Å². The highest BCUT2D eigenvalue weighted by Crippen LogP contribution is 2.35. The van der Waals surface area contributed by atoms with E-state index in [0.717, 1.165) is 68.6 Å². The Morgan fingerprint density at radius 3 is 2.71 bits per heavy atom. The number of rotatable bonds is 9. The third kappa shape index (κ3) is 7.58. The van der Waals surface area contributed by atoms with E-state index in [0.29, 0.717) is 6.54 Å². The van der Waals surface area contributed by atoms with E-state index in [1.807, 2.05) is 12.1 Å². The smallest absolute Gasteiger partial charge is 0.191 e. The minimum atomic E-state index is 0.290. The molecule has 2 N–H and O–H groups in total. The van der Waals surface area contributed by atoms with Crippen molar-refractivity contribution in [3.8, 4) is 11.5 Å². The number of benzene rings is 1. The van der Waals surface area contributed by atoms with Crippen LogP contribution in [0.15, 0.2) is 23.2 Å². The zero-order valence-electron chi connectivity index (χ0n) is 19.7. The van der Waals surface area contributed by atoms with Crippen LogP contribution in [-0.4, -0.2) is 81.8 Å². The molecule has 1 saturated carbocycles. The molecule has 7 nitrogen and oxygen atoms in total. The number of aliphatic imine (C=N–C) groups is 1. The van der Waals surface area contributed by atoms with Crippen molar-refractivity contribution in [1.82, 2.24) is 20.4 Å². The van der Waals surface area contributed by atoms with Crippen molar-refractivity contribution in [1.29, 1.82) is 0 Å². The first-order chi connectivity index (χ1) is 15.2. The number of ether oxygens (including phenoxy) is 2. The Labute approximate surface area is 188 Å². The summed E-state index contributed by atoms with van der Waals surface area (Å²) in [5, 5.41) is 6.87. The average Bonchev–Trinajstić information content (AvgIpc) is 3.20. The maximum absolute atomic E-state index is 6.36. The topological polar surface area (TPSA) is 61.4 Å². The highest BCUT2D eigenvalue weighted by Gasteiger charge is 2.20. The van der Waals surface area contributed by atoms with Gasteiger partial charge >= 0.3 is 0 Å². The highest BCUT2D eigenvalue weighted by atomic mass is 16.5. The molecule has 174 valence electrons. The molecule has 1 aromatic carbocycles. The van der Waals surface area contributed by atoms with E-state index in [1.165, 1.54) is 32.4 Å². The molecule has 1 aliphatic heterocycles. The monoisotopic (exact) mass is 431 g/mol. The Bertz CT molecular complexity index is 691. The summed E-state index contributed by atoms with van der Waals surface area (Å²) in [5.74, 6) is 2.50. The Balaban J connectivity index is 1.59. The predicted octanol–water partition coefficient (Wildman–Crippen LogP) is 2.71. The number of guanidine groups is 1. The van der Waals surface area contributed by atoms with Crippen molar-refractivity contribution in [2.75, 3.05) is 60.0 Å². The van der Waals surface area contributed by atoms with E-state index in [-0.39, 0.29) is 6.10 Å². The van der Waals surface area contributed by atoms with Crippen molar-refractivity contribution >= 4 is 5.96 Å². The minimum Gasteiger partial charge on any atom is -0.493 e. The van der Waals surface area contributed by atoms with E-state index < -0.39 is 0 Å². The van der Waals surface area contributed by atoms with Gasteiger partial charge in [0.1, 0.15) is 0 Å². The number of para-hydroxylation sites is 1. The summed E-state index contributed by atoms with van der Waals surface area (Å²) in [6.07, 6.45) is 6.27. The molecule has 0 aromatic heterocycles. The molecule has 0 bridgehead atoms. The predicted molar refractivity (Wildman–Crippen MR) is 127 cm³/mol. The van der Waals surface area contributed by atoms with E-state index in [9.17, 15) is 0 Å². The van der Waals surface area contributed by atoms with Gasteiger partial charge < -0.3 is 29.9 Å². The fourth-order valence-corrected chi connectivity index (χ4v) is 4.32. The van der Waals surface area contributed by atoms with Crippen LogP contribution < -0.4 is 20.1 Å². The first-order valence-electron chi connectivity index (χ1n) is 11.9. The number of likely N-dealkylation sites (N-methyl/N-ethyl adjacent to an activating group) is 1. The Hall–Kier alpha value is -1.99. The Morgan fingerprint density at radius 2 is 1.94 bits per heavy atom. The third-order valence-electron chi connectivity index (χ3n) is 6.15. The molecule has 31 heavy (non-hydrogen) atoms. The largest absolute Gasteiger partial charge is 0.493 e. The van der Waals surface area contributed by atoms with Crippen LogP contribution in [0.1, 0.15) is 44.6 Å². The second-order valence-corrected chi connectivity index (χ2v) is 8.59. The first kappa shape index (κ1) is 23.7. The van der Waals surface area contributed by atoms with Crippen LogP contribution in [0.5, 0.6) is 11.5 Å². The molecule has 1 heterocycles. The quantitative estimate of drug-likeness (QED) is 0.463. The van der Waals surface area contributed by atoms with Gasteiger partial charge in [0.05, 0.1) is 19.8 Å². The van der Waals surface area contributed by atoms with Crippen molar-refractivity contribution in [2.24, 2.45) is 4.99 Å². The van der Waals surface area contributed by atoms with Gasteiger partial charge in [-0.3, -0.25) is 0 Å². The van der Waals surface area contributed by atoms with E-state index in [1.54, 1.807) is 7.11 Å². The number of hydrogen-bond acceptors (Lipinski definition) is 5. The van der Waals surface area contributed by atoms with Crippen LogP contribution in [0.3, 0.4) is 0 Å². The normalized spacial score (nSPS) is 19.3. The van der Waals surface area contributed by atoms with Crippen LogP contribution in [0.2, 0.25) is 0 Å². The molecule has 1 aromatic rings. The van der Waals surface area contributed by atoms with Gasteiger partial charge in [0.15, 0.2) is 17.5 Å². The van der Waals surface area contributed by atoms with Gasteiger partial charge in [-0.15, -0.1) is 0 Å². The summed E-state index contributed by atoms with van der Waals surface area (Å²) in [5.41, 5.74) is 1.07. The SMILES string of the molecule is CCNC(=NCc1cccc(OC)c1OC1CCCC1)NCCN1CCCN(C)CC1. The zero-order valence-corrected chi connectivity index (χ0v) is 19.7. The lowest BCUT2D eigenvalue weighted by Gasteiger charge is -2.21. The maximum atomic E-state index is 6.36. The number of hydrogen-bond donors (Lipinski definition) is 2. The highest BCUT2D eigenvalue weighted by molar-refractivity contribution is 5.79. The number of methoxy groups -OCH3 is 1. The molecular formula is C24H41N5O2. The number of nitrogens with one attached hydrogen (secondary N) is 2. The van der Waals surface area contributed by atoms with Crippen LogP contribution >= 0.6 is 0 Å². The van der Waals surface area contributed by atoms with Crippen LogP contribution in [0.25, 0.3) is 0 Å². The summed E-state index contributed by atoms with van der Waals surface area (Å²) in [6, 6.07) is 6.08. The van der Waals surface area contributed by atoms with Gasteiger partial charge in [0.2, 0.25) is 0 Å². The molecule has 3 rings (SSSR count). The molecule has 2 fully saturated rings. The standard InChI is InChI=1S/C24H41N5O2/c1-4-25-24(26-13-16-29-15-8-14-28(2)17-18-29)27-19-20-9-7-12-22(30-3)23(20)31-21-10-5-6-11-21/h7,9,12,21H,4-6,8,10-11,13-19H2,1-3H3,(H2,25,26,27). The molecule has 0 amide bonds. The van der Waals surface area contributed by atoms with Gasteiger partial charge in [-0.05, 0) is 65.2 Å². The van der Waals surface area contributed by atoms with E-state index in [2.05, 4.69) is 40.5 Å². The Kier molecular flexibility index (Phi) is 9.75. The van der Waals surface area contributed by atoms with Gasteiger partial charge in [0, 0.05) is 38.3 Å². The van der Waals surface area contributed by atoms with Crippen molar-refractivity contribution in [3.63, 3.8) is 0 Å². The van der Waals surface area contributed by atoms with Crippen LogP contribution in [0.4, 0.5) is 0 Å². The lowest BCUT2D eigenvalue weighted by atomic mass is 10.1. The van der Waals surface area contributed by atoms with Crippen LogP contribution in [0, 0.1) is 0 Å². The molecule has 1 aliphatic carbocycles. The molecule has 0 radical (unpaired) electrons. The summed E-state index contributed by atoms with van der Waals surface area (Å²) in [7, 11) is 3.91. The molecule has 0 unspecified atom stereocenters. The second-order valence-electron chi connectivity index (χ2n) is 8.59. The van der Waals surface area contributed by atoms with Gasteiger partial charge in [-0.25, -0.2) is 4.99 Å². The van der Waals surface area contributed by atoms with E-state index >= 15 is 0 Å². The maximum Gasteiger partial charge on any atom is 0.191 e. The molecule has 0 atom stereocenters. The Morgan fingerprint density at radius 1 is 1.10 bits per heavy atom. The van der Waals surface area contributed by atoms with Crippen LogP contribution in [-0.2, 0) is 6.54 Å². The number of nitrogens with zero attached hydrogens (tertiary/aromatic N) is 3. The van der Waals surface area contributed by atoms with Crippen molar-refractivity contribution < 1.29 is 9.47 Å². The zero-order chi connectivity index (χ0) is 21.9.